The molecule has 18 heavy (non-hydrogen) atoms. The van der Waals surface area contributed by atoms with Crippen LogP contribution in [0.4, 0.5) is 10.7 Å². The van der Waals surface area contributed by atoms with E-state index in [2.05, 4.69) is 14.9 Å². The van der Waals surface area contributed by atoms with Crippen molar-refractivity contribution in [2.24, 2.45) is 0 Å². The van der Waals surface area contributed by atoms with E-state index >= 15 is 0 Å². The van der Waals surface area contributed by atoms with E-state index in [-0.39, 0.29) is 12.3 Å². The molecule has 0 saturated heterocycles. The third-order valence-electron chi connectivity index (χ3n) is 2.21. The number of rotatable bonds is 5. The Hall–Kier alpha value is -2.22. The third kappa shape index (κ3) is 2.72. The Bertz CT molecular complexity index is 540. The van der Waals surface area contributed by atoms with Crippen LogP contribution in [-0.4, -0.2) is 21.6 Å². The number of non-ortho nitro benzene ring substituents is 1. The van der Waals surface area contributed by atoms with Crippen LogP contribution in [0.15, 0.2) is 24.3 Å². The first-order chi connectivity index (χ1) is 8.70. The van der Waals surface area contributed by atoms with Gasteiger partial charge in [-0.15, -0.1) is 5.10 Å². The van der Waals surface area contributed by atoms with Gasteiger partial charge in [0.1, 0.15) is 23.1 Å². The first-order valence-corrected chi connectivity index (χ1v) is 5.84. The van der Waals surface area contributed by atoms with Crippen LogP contribution in [0.5, 0.6) is 5.75 Å². The van der Waals surface area contributed by atoms with E-state index in [0.717, 1.165) is 5.00 Å². The lowest BCUT2D eigenvalue weighted by atomic mass is 10.3. The molecule has 0 spiro atoms. The van der Waals surface area contributed by atoms with E-state index in [1.807, 2.05) is 0 Å². The number of nitro benzene ring substituents is 1. The predicted molar refractivity (Wildman–Crippen MR) is 66.9 cm³/mol. The summed E-state index contributed by atoms with van der Waals surface area (Å²) in [5, 5.41) is 18.2. The molecule has 1 aromatic heterocycles. The average molecular weight is 266 g/mol. The summed E-state index contributed by atoms with van der Waals surface area (Å²) < 4.78 is 9.27. The molecule has 2 rings (SSSR count). The monoisotopic (exact) mass is 266 g/mol. The van der Waals surface area contributed by atoms with Crippen LogP contribution in [0, 0.1) is 10.1 Å². The Morgan fingerprint density at radius 3 is 2.78 bits per heavy atom. The van der Waals surface area contributed by atoms with Crippen LogP contribution in [0.2, 0.25) is 0 Å². The van der Waals surface area contributed by atoms with Gasteiger partial charge in [-0.05, 0) is 12.1 Å². The molecule has 0 radical (unpaired) electrons. The second-order valence-corrected chi connectivity index (χ2v) is 4.09. The SMILES string of the molecule is CNc1snnc1COc1ccc([N+](=O)[O-])cc1. The van der Waals surface area contributed by atoms with E-state index in [1.165, 1.54) is 23.7 Å². The van der Waals surface area contributed by atoms with Gasteiger partial charge in [-0.25, -0.2) is 0 Å². The van der Waals surface area contributed by atoms with Crippen molar-refractivity contribution in [3.8, 4) is 5.75 Å². The highest BCUT2D eigenvalue weighted by Gasteiger charge is 2.08. The fourth-order valence-electron chi connectivity index (χ4n) is 1.31. The maximum Gasteiger partial charge on any atom is 0.269 e. The number of benzene rings is 1. The lowest BCUT2D eigenvalue weighted by Gasteiger charge is -2.04. The van der Waals surface area contributed by atoms with Crippen molar-refractivity contribution in [1.29, 1.82) is 0 Å². The molecule has 1 heterocycles. The molecular formula is C10H10N4O3S. The van der Waals surface area contributed by atoms with Gasteiger partial charge in [-0.2, -0.15) is 0 Å². The first-order valence-electron chi connectivity index (χ1n) is 5.07. The number of anilines is 1. The molecule has 0 fully saturated rings. The second kappa shape index (κ2) is 5.41. The highest BCUT2D eigenvalue weighted by atomic mass is 32.1. The summed E-state index contributed by atoms with van der Waals surface area (Å²) in [5.74, 6) is 0.552. The first kappa shape index (κ1) is 12.2. The minimum Gasteiger partial charge on any atom is -0.487 e. The molecule has 0 atom stereocenters. The summed E-state index contributed by atoms with van der Waals surface area (Å²) in [6.45, 7) is 0.268. The van der Waals surface area contributed by atoms with Crippen LogP contribution < -0.4 is 10.1 Å². The van der Waals surface area contributed by atoms with Gasteiger partial charge in [0, 0.05) is 30.7 Å². The minimum atomic E-state index is -0.451. The number of hydrogen-bond acceptors (Lipinski definition) is 7. The number of ether oxygens (including phenoxy) is 1. The third-order valence-corrected chi connectivity index (χ3v) is 2.99. The number of nitrogens with one attached hydrogen (secondary N) is 1. The Morgan fingerprint density at radius 2 is 2.17 bits per heavy atom. The Morgan fingerprint density at radius 1 is 1.44 bits per heavy atom. The predicted octanol–water partition coefficient (Wildman–Crippen LogP) is 2.07. The molecule has 1 aromatic carbocycles. The van der Waals surface area contributed by atoms with Gasteiger partial charge in [0.25, 0.3) is 5.69 Å². The lowest BCUT2D eigenvalue weighted by molar-refractivity contribution is -0.384. The Balaban J connectivity index is 2.00. The molecular weight excluding hydrogens is 256 g/mol. The molecule has 8 heteroatoms. The van der Waals surface area contributed by atoms with E-state index in [1.54, 1.807) is 19.2 Å². The molecule has 7 nitrogen and oxygen atoms in total. The number of nitro groups is 1. The summed E-state index contributed by atoms with van der Waals surface area (Å²) in [6, 6.07) is 5.90. The fraction of sp³-hybridized carbons (Fsp3) is 0.200. The van der Waals surface area contributed by atoms with E-state index in [4.69, 9.17) is 4.74 Å². The van der Waals surface area contributed by atoms with Crippen molar-refractivity contribution in [2.45, 2.75) is 6.61 Å². The van der Waals surface area contributed by atoms with Gasteiger partial charge in [0.15, 0.2) is 0 Å². The zero-order chi connectivity index (χ0) is 13.0. The highest BCUT2D eigenvalue weighted by Crippen LogP contribution is 2.21. The maximum atomic E-state index is 10.5. The quantitative estimate of drug-likeness (QED) is 0.658. The Labute approximate surface area is 107 Å². The van der Waals surface area contributed by atoms with Crippen molar-refractivity contribution < 1.29 is 9.66 Å². The normalized spacial score (nSPS) is 10.1. The standard InChI is InChI=1S/C10H10N4O3S/c1-11-10-9(12-13-18-10)6-17-8-4-2-7(3-5-8)14(15)16/h2-5,11H,6H2,1H3. The van der Waals surface area contributed by atoms with E-state index < -0.39 is 4.92 Å². The summed E-state index contributed by atoms with van der Waals surface area (Å²) in [5.41, 5.74) is 0.745. The smallest absolute Gasteiger partial charge is 0.269 e. The summed E-state index contributed by atoms with van der Waals surface area (Å²) >= 11 is 1.25. The molecule has 0 aliphatic rings. The molecule has 1 N–H and O–H groups in total. The summed E-state index contributed by atoms with van der Waals surface area (Å²) in [4.78, 5) is 10.0. The van der Waals surface area contributed by atoms with Crippen molar-refractivity contribution in [3.05, 3.63) is 40.1 Å². The highest BCUT2D eigenvalue weighted by molar-refractivity contribution is 7.10. The van der Waals surface area contributed by atoms with Crippen molar-refractivity contribution in [3.63, 3.8) is 0 Å². The van der Waals surface area contributed by atoms with Crippen molar-refractivity contribution >= 4 is 22.2 Å². The number of aromatic nitrogens is 2. The van der Waals surface area contributed by atoms with Crippen LogP contribution >= 0.6 is 11.5 Å². The van der Waals surface area contributed by atoms with Gasteiger partial charge < -0.3 is 10.1 Å². The lowest BCUT2D eigenvalue weighted by Crippen LogP contribution is -1.99. The summed E-state index contributed by atoms with van der Waals surface area (Å²) in [7, 11) is 1.78. The number of nitrogens with zero attached hydrogens (tertiary/aromatic N) is 3. The zero-order valence-electron chi connectivity index (χ0n) is 9.49. The van der Waals surface area contributed by atoms with Gasteiger partial charge in [0.2, 0.25) is 0 Å². The van der Waals surface area contributed by atoms with Crippen LogP contribution in [0.1, 0.15) is 5.69 Å². The van der Waals surface area contributed by atoms with Crippen molar-refractivity contribution in [2.75, 3.05) is 12.4 Å². The molecule has 0 unspecified atom stereocenters. The Kier molecular flexibility index (Phi) is 3.68. The molecule has 0 aliphatic heterocycles. The van der Waals surface area contributed by atoms with Gasteiger partial charge >= 0.3 is 0 Å². The molecule has 94 valence electrons. The fourth-order valence-corrected chi connectivity index (χ4v) is 1.83. The van der Waals surface area contributed by atoms with Crippen LogP contribution in [-0.2, 0) is 6.61 Å². The number of hydrogen-bond donors (Lipinski definition) is 1. The summed E-state index contributed by atoms with van der Waals surface area (Å²) in [6.07, 6.45) is 0. The van der Waals surface area contributed by atoms with Crippen LogP contribution in [0.3, 0.4) is 0 Å². The van der Waals surface area contributed by atoms with Crippen LogP contribution in [0.25, 0.3) is 0 Å². The molecule has 0 saturated carbocycles. The minimum absolute atomic E-state index is 0.0357. The average Bonchev–Trinajstić information content (AvgIpc) is 2.84. The second-order valence-electron chi connectivity index (χ2n) is 3.34. The zero-order valence-corrected chi connectivity index (χ0v) is 10.3. The van der Waals surface area contributed by atoms with Crippen molar-refractivity contribution in [1.82, 2.24) is 9.59 Å². The van der Waals surface area contributed by atoms with Gasteiger partial charge in [-0.3, -0.25) is 10.1 Å². The van der Waals surface area contributed by atoms with E-state index in [9.17, 15) is 10.1 Å². The van der Waals surface area contributed by atoms with Gasteiger partial charge in [0.05, 0.1) is 4.92 Å². The molecule has 0 bridgehead atoms. The maximum absolute atomic E-state index is 10.5. The largest absolute Gasteiger partial charge is 0.487 e. The van der Waals surface area contributed by atoms with Gasteiger partial charge in [-0.1, -0.05) is 4.49 Å². The molecule has 0 amide bonds. The molecule has 0 aliphatic carbocycles. The topological polar surface area (TPSA) is 90.2 Å². The molecule has 2 aromatic rings. The van der Waals surface area contributed by atoms with E-state index in [0.29, 0.717) is 11.4 Å².